The summed E-state index contributed by atoms with van der Waals surface area (Å²) < 4.78 is 73.0. The summed E-state index contributed by atoms with van der Waals surface area (Å²) >= 11 is 0. The Morgan fingerprint density at radius 2 is 1.76 bits per heavy atom. The molecule has 8 nitrogen and oxygen atoms in total. The topological polar surface area (TPSA) is 102 Å². The van der Waals surface area contributed by atoms with Gasteiger partial charge in [-0.1, -0.05) is 30.3 Å². The van der Waals surface area contributed by atoms with Gasteiger partial charge in [-0.15, -0.1) is 13.2 Å². The van der Waals surface area contributed by atoms with Gasteiger partial charge < -0.3 is 14.8 Å². The van der Waals surface area contributed by atoms with E-state index in [0.717, 1.165) is 23.5 Å². The second-order valence-corrected chi connectivity index (χ2v) is 9.44. The van der Waals surface area contributed by atoms with E-state index in [4.69, 9.17) is 0 Å². The van der Waals surface area contributed by atoms with Gasteiger partial charge in [0.15, 0.2) is 0 Å². The van der Waals surface area contributed by atoms with E-state index >= 15 is 0 Å². The minimum atomic E-state index is -4.86. The molecule has 0 bridgehead atoms. The zero-order valence-electron chi connectivity index (χ0n) is 18.1. The number of methoxy groups -OCH3 is 1. The minimum Gasteiger partial charge on any atom is -0.469 e. The molecule has 3 rings (SSSR count). The number of esters is 1. The van der Waals surface area contributed by atoms with E-state index < -0.39 is 46.1 Å². The molecule has 1 N–H and O–H groups in total. The summed E-state index contributed by atoms with van der Waals surface area (Å²) in [5, 5.41) is 2.65. The fourth-order valence-electron chi connectivity index (χ4n) is 3.69. The predicted octanol–water partition coefficient (Wildman–Crippen LogP) is 3.16. The zero-order valence-corrected chi connectivity index (χ0v) is 18.9. The summed E-state index contributed by atoms with van der Waals surface area (Å²) in [6.07, 6.45) is -4.42. The molecule has 2 aromatic carbocycles. The molecule has 0 aliphatic carbocycles. The van der Waals surface area contributed by atoms with Crippen LogP contribution in [0.4, 0.5) is 13.2 Å². The van der Waals surface area contributed by atoms with Crippen molar-refractivity contribution in [1.29, 1.82) is 0 Å². The van der Waals surface area contributed by atoms with Crippen LogP contribution >= 0.6 is 0 Å². The molecule has 12 heteroatoms. The SMILES string of the molecule is COC(=O)CC(NC(=O)[C@@H]1CCCN1S(=O)(=O)c1ccccc1)c1ccc(OC(F)(F)F)cc1. The van der Waals surface area contributed by atoms with Gasteiger partial charge in [-0.25, -0.2) is 8.42 Å². The first-order chi connectivity index (χ1) is 16.0. The van der Waals surface area contributed by atoms with Gasteiger partial charge in [-0.3, -0.25) is 9.59 Å². The van der Waals surface area contributed by atoms with Crippen molar-refractivity contribution in [3.8, 4) is 5.75 Å². The van der Waals surface area contributed by atoms with Gasteiger partial charge in [0.05, 0.1) is 24.5 Å². The second kappa shape index (κ2) is 10.4. The third kappa shape index (κ3) is 6.26. The lowest BCUT2D eigenvalue weighted by Gasteiger charge is -2.26. The maximum Gasteiger partial charge on any atom is 0.573 e. The van der Waals surface area contributed by atoms with E-state index in [0.29, 0.717) is 12.0 Å². The fraction of sp³-hybridized carbons (Fsp3) is 0.364. The van der Waals surface area contributed by atoms with Gasteiger partial charge in [-0.05, 0) is 42.7 Å². The Kier molecular flexibility index (Phi) is 7.82. The number of carbonyl (C=O) groups excluding carboxylic acids is 2. The highest BCUT2D eigenvalue weighted by molar-refractivity contribution is 7.89. The van der Waals surface area contributed by atoms with Crippen molar-refractivity contribution in [2.75, 3.05) is 13.7 Å². The average molecular weight is 500 g/mol. The third-order valence-corrected chi connectivity index (χ3v) is 7.21. The van der Waals surface area contributed by atoms with Crippen LogP contribution in [0.5, 0.6) is 5.75 Å². The van der Waals surface area contributed by atoms with Crippen LogP contribution in [0.3, 0.4) is 0 Å². The summed E-state index contributed by atoms with van der Waals surface area (Å²) in [6.45, 7) is 0.153. The maximum absolute atomic E-state index is 13.1. The van der Waals surface area contributed by atoms with Crippen molar-refractivity contribution in [2.24, 2.45) is 0 Å². The monoisotopic (exact) mass is 500 g/mol. The lowest BCUT2D eigenvalue weighted by atomic mass is 10.0. The Bertz CT molecular complexity index is 1110. The normalized spacial score (nSPS) is 17.7. The highest BCUT2D eigenvalue weighted by atomic mass is 32.2. The Morgan fingerprint density at radius 3 is 2.35 bits per heavy atom. The van der Waals surface area contributed by atoms with Crippen molar-refractivity contribution < 1.29 is 40.7 Å². The highest BCUT2D eigenvalue weighted by Gasteiger charge is 2.40. The summed E-state index contributed by atoms with van der Waals surface area (Å²) in [6, 6.07) is 10.4. The number of alkyl halides is 3. The smallest absolute Gasteiger partial charge is 0.469 e. The van der Waals surface area contributed by atoms with Gasteiger partial charge in [0.1, 0.15) is 11.8 Å². The summed E-state index contributed by atoms with van der Waals surface area (Å²) in [5.41, 5.74) is 0.323. The zero-order chi connectivity index (χ0) is 24.9. The molecule has 34 heavy (non-hydrogen) atoms. The lowest BCUT2D eigenvalue weighted by Crippen LogP contribution is -2.47. The minimum absolute atomic E-state index is 0.0565. The van der Waals surface area contributed by atoms with Crippen LogP contribution in [-0.4, -0.2) is 50.7 Å². The van der Waals surface area contributed by atoms with E-state index in [1.54, 1.807) is 18.2 Å². The van der Waals surface area contributed by atoms with E-state index in [1.807, 2.05) is 0 Å². The van der Waals surface area contributed by atoms with Crippen LogP contribution in [0.15, 0.2) is 59.5 Å². The van der Waals surface area contributed by atoms with E-state index in [2.05, 4.69) is 14.8 Å². The Morgan fingerprint density at radius 1 is 1.12 bits per heavy atom. The van der Waals surface area contributed by atoms with Crippen LogP contribution in [0.2, 0.25) is 0 Å². The van der Waals surface area contributed by atoms with Crippen molar-refractivity contribution >= 4 is 21.9 Å². The number of hydrogen-bond acceptors (Lipinski definition) is 6. The van der Waals surface area contributed by atoms with Crippen LogP contribution in [0.25, 0.3) is 0 Å². The quantitative estimate of drug-likeness (QED) is 0.559. The summed E-state index contributed by atoms with van der Waals surface area (Å²) in [4.78, 5) is 25.1. The number of rotatable bonds is 8. The standard InChI is InChI=1S/C22H23F3N2O6S/c1-32-20(28)14-18(15-9-11-16(12-10-15)33-22(23,24)25)26-21(29)19-8-5-13-27(19)34(30,31)17-6-3-2-4-7-17/h2-4,6-7,9-12,18-19H,5,8,13-14H2,1H3,(H,26,29)/t18?,19-/m0/s1. The molecular formula is C22H23F3N2O6S. The number of benzene rings is 2. The molecule has 0 aromatic heterocycles. The number of nitrogens with zero attached hydrogens (tertiary/aromatic N) is 1. The van der Waals surface area contributed by atoms with E-state index in [-0.39, 0.29) is 24.3 Å². The second-order valence-electron chi connectivity index (χ2n) is 7.55. The number of carbonyl (C=O) groups is 2. The molecule has 1 unspecified atom stereocenters. The summed E-state index contributed by atoms with van der Waals surface area (Å²) in [7, 11) is -2.77. The average Bonchev–Trinajstić information content (AvgIpc) is 3.30. The first-order valence-corrected chi connectivity index (χ1v) is 11.7. The molecule has 2 aromatic rings. The number of hydrogen-bond donors (Lipinski definition) is 1. The lowest BCUT2D eigenvalue weighted by molar-refractivity contribution is -0.274. The van der Waals surface area contributed by atoms with Gasteiger partial charge in [-0.2, -0.15) is 4.31 Å². The summed E-state index contributed by atoms with van der Waals surface area (Å²) in [5.74, 6) is -1.75. The number of amides is 1. The fourth-order valence-corrected chi connectivity index (χ4v) is 5.37. The third-order valence-electron chi connectivity index (χ3n) is 5.29. The molecule has 1 aliphatic heterocycles. The van der Waals surface area contributed by atoms with Crippen molar-refractivity contribution in [1.82, 2.24) is 9.62 Å². The molecule has 1 aliphatic rings. The Labute approximate surface area is 194 Å². The van der Waals surface area contributed by atoms with Gasteiger partial charge in [0, 0.05) is 6.54 Å². The molecule has 1 fully saturated rings. The van der Waals surface area contributed by atoms with Crippen LogP contribution < -0.4 is 10.1 Å². The molecule has 0 spiro atoms. The molecule has 1 saturated heterocycles. The predicted molar refractivity (Wildman–Crippen MR) is 114 cm³/mol. The number of sulfonamides is 1. The Hall–Kier alpha value is -3.12. The highest BCUT2D eigenvalue weighted by Crippen LogP contribution is 2.29. The molecule has 0 saturated carbocycles. The van der Waals surface area contributed by atoms with E-state index in [1.165, 1.54) is 24.3 Å². The van der Waals surface area contributed by atoms with Crippen LogP contribution in [-0.2, 0) is 24.3 Å². The molecule has 1 heterocycles. The van der Waals surface area contributed by atoms with Gasteiger partial charge in [0.25, 0.3) is 0 Å². The number of ether oxygens (including phenoxy) is 2. The largest absolute Gasteiger partial charge is 0.573 e. The molecule has 2 atom stereocenters. The van der Waals surface area contributed by atoms with Gasteiger partial charge in [0.2, 0.25) is 15.9 Å². The molecule has 0 radical (unpaired) electrons. The molecule has 184 valence electrons. The molecule has 1 amide bonds. The number of nitrogens with one attached hydrogen (secondary N) is 1. The van der Waals surface area contributed by atoms with Crippen molar-refractivity contribution in [3.63, 3.8) is 0 Å². The Balaban J connectivity index is 1.80. The van der Waals surface area contributed by atoms with Crippen molar-refractivity contribution in [2.45, 2.75) is 42.6 Å². The van der Waals surface area contributed by atoms with Crippen molar-refractivity contribution in [3.05, 3.63) is 60.2 Å². The molecular weight excluding hydrogens is 477 g/mol. The van der Waals surface area contributed by atoms with Gasteiger partial charge >= 0.3 is 12.3 Å². The first kappa shape index (κ1) is 25.5. The van der Waals surface area contributed by atoms with Crippen LogP contribution in [0.1, 0.15) is 30.9 Å². The first-order valence-electron chi connectivity index (χ1n) is 10.3. The number of halogens is 3. The van der Waals surface area contributed by atoms with E-state index in [9.17, 15) is 31.2 Å². The maximum atomic E-state index is 13.1. The van der Waals surface area contributed by atoms with Crippen LogP contribution in [0, 0.1) is 0 Å².